The van der Waals surface area contributed by atoms with Crippen molar-refractivity contribution in [2.45, 2.75) is 20.8 Å². The van der Waals surface area contributed by atoms with Gasteiger partial charge in [-0.15, -0.1) is 0 Å². The maximum atomic E-state index is 12.5. The van der Waals surface area contributed by atoms with Crippen molar-refractivity contribution in [3.05, 3.63) is 41.7 Å². The quantitative estimate of drug-likeness (QED) is 0.527. The van der Waals surface area contributed by atoms with Gasteiger partial charge in [-0.2, -0.15) is 0 Å². The van der Waals surface area contributed by atoms with Crippen LogP contribution < -0.4 is 0 Å². The lowest BCUT2D eigenvalue weighted by molar-refractivity contribution is 0.227. The predicted octanol–water partition coefficient (Wildman–Crippen LogP) is 4.29. The van der Waals surface area contributed by atoms with E-state index in [2.05, 4.69) is 0 Å². The Balaban J connectivity index is 3.08. The minimum atomic E-state index is -3.26. The second-order valence-corrected chi connectivity index (χ2v) is 5.52. The van der Waals surface area contributed by atoms with Crippen LogP contribution in [0.2, 0.25) is 0 Å². The van der Waals surface area contributed by atoms with E-state index >= 15 is 0 Å². The van der Waals surface area contributed by atoms with E-state index in [1.165, 1.54) is 5.82 Å². The van der Waals surface area contributed by atoms with Gasteiger partial charge in [-0.25, -0.2) is 0 Å². The van der Waals surface area contributed by atoms with Gasteiger partial charge in [0.15, 0.2) is 0 Å². The zero-order valence-electron chi connectivity index (χ0n) is 11.7. The standard InChI is InChI=1S/C14H21O4P/c1-4-16-14(13-10-8-7-9-11-13)12-19(15,17-5-2)18-6-3/h7-12H,4-6H2,1-3H3. The minimum Gasteiger partial charge on any atom is -0.493 e. The number of rotatable bonds is 8. The molecule has 0 bridgehead atoms. The van der Waals surface area contributed by atoms with Crippen LogP contribution >= 0.6 is 7.60 Å². The van der Waals surface area contributed by atoms with E-state index in [9.17, 15) is 4.57 Å². The van der Waals surface area contributed by atoms with Crippen LogP contribution in [0.5, 0.6) is 0 Å². The van der Waals surface area contributed by atoms with Crippen LogP contribution in [0.1, 0.15) is 26.3 Å². The van der Waals surface area contributed by atoms with E-state index in [0.717, 1.165) is 5.56 Å². The Morgan fingerprint density at radius 2 is 1.63 bits per heavy atom. The first kappa shape index (κ1) is 16.0. The average Bonchev–Trinajstić information content (AvgIpc) is 2.40. The van der Waals surface area contributed by atoms with Gasteiger partial charge >= 0.3 is 7.60 Å². The molecule has 19 heavy (non-hydrogen) atoms. The molecule has 106 valence electrons. The van der Waals surface area contributed by atoms with Crippen LogP contribution in [0.15, 0.2) is 36.1 Å². The van der Waals surface area contributed by atoms with Crippen molar-refractivity contribution in [1.29, 1.82) is 0 Å². The monoisotopic (exact) mass is 284 g/mol. The lowest BCUT2D eigenvalue weighted by Gasteiger charge is -2.16. The van der Waals surface area contributed by atoms with Crippen molar-refractivity contribution in [3.8, 4) is 0 Å². The van der Waals surface area contributed by atoms with E-state index in [0.29, 0.717) is 25.6 Å². The molecule has 1 rings (SSSR count). The number of benzene rings is 1. The van der Waals surface area contributed by atoms with E-state index in [-0.39, 0.29) is 0 Å². The van der Waals surface area contributed by atoms with Crippen molar-refractivity contribution in [2.75, 3.05) is 19.8 Å². The van der Waals surface area contributed by atoms with Gasteiger partial charge in [0.25, 0.3) is 0 Å². The summed E-state index contributed by atoms with van der Waals surface area (Å²) >= 11 is 0. The van der Waals surface area contributed by atoms with Gasteiger partial charge in [-0.05, 0) is 20.8 Å². The maximum absolute atomic E-state index is 12.5. The molecule has 0 amide bonds. The van der Waals surface area contributed by atoms with Crippen LogP contribution in [0.4, 0.5) is 0 Å². The molecule has 1 aromatic rings. The van der Waals surface area contributed by atoms with Gasteiger partial charge in [-0.1, -0.05) is 30.3 Å². The highest BCUT2D eigenvalue weighted by molar-refractivity contribution is 7.57. The second-order valence-electron chi connectivity index (χ2n) is 3.67. The zero-order valence-corrected chi connectivity index (χ0v) is 12.6. The SMILES string of the molecule is CCOC(=CP(=O)(OCC)OCC)c1ccccc1. The molecule has 0 N–H and O–H groups in total. The highest BCUT2D eigenvalue weighted by Crippen LogP contribution is 2.51. The predicted molar refractivity (Wildman–Crippen MR) is 76.9 cm³/mol. The van der Waals surface area contributed by atoms with Crippen molar-refractivity contribution >= 4 is 13.4 Å². The first-order chi connectivity index (χ1) is 9.15. The van der Waals surface area contributed by atoms with E-state index in [1.807, 2.05) is 37.3 Å². The molecule has 0 saturated carbocycles. The summed E-state index contributed by atoms with van der Waals surface area (Å²) in [5.41, 5.74) is 0.851. The summed E-state index contributed by atoms with van der Waals surface area (Å²) in [6.07, 6.45) is 0. The molecular formula is C14H21O4P. The second kappa shape index (κ2) is 8.16. The molecule has 0 aliphatic rings. The van der Waals surface area contributed by atoms with Gasteiger partial charge in [0.2, 0.25) is 0 Å². The molecule has 0 unspecified atom stereocenters. The fraction of sp³-hybridized carbons (Fsp3) is 0.429. The summed E-state index contributed by atoms with van der Waals surface area (Å²) in [5, 5.41) is 0. The molecule has 0 radical (unpaired) electrons. The van der Waals surface area contributed by atoms with E-state index < -0.39 is 7.60 Å². The normalized spacial score (nSPS) is 12.5. The first-order valence-electron chi connectivity index (χ1n) is 6.45. The molecule has 5 heteroatoms. The Morgan fingerprint density at radius 1 is 1.05 bits per heavy atom. The molecule has 0 aliphatic carbocycles. The summed E-state index contributed by atoms with van der Waals surface area (Å²) in [6.45, 7) is 6.57. The first-order valence-corrected chi connectivity index (χ1v) is 8.06. The highest BCUT2D eigenvalue weighted by Gasteiger charge is 2.22. The summed E-state index contributed by atoms with van der Waals surface area (Å²) in [4.78, 5) is 0. The van der Waals surface area contributed by atoms with E-state index in [4.69, 9.17) is 13.8 Å². The smallest absolute Gasteiger partial charge is 0.357 e. The molecule has 0 spiro atoms. The third-order valence-electron chi connectivity index (χ3n) is 2.25. The summed E-state index contributed by atoms with van der Waals surface area (Å²) in [6, 6.07) is 9.49. The third kappa shape index (κ3) is 5.19. The van der Waals surface area contributed by atoms with Crippen LogP contribution in [-0.2, 0) is 18.3 Å². The van der Waals surface area contributed by atoms with Crippen LogP contribution in [0.25, 0.3) is 5.76 Å². The van der Waals surface area contributed by atoms with Gasteiger partial charge in [0.05, 0.1) is 25.6 Å². The largest absolute Gasteiger partial charge is 0.493 e. The lowest BCUT2D eigenvalue weighted by Crippen LogP contribution is -1.97. The third-order valence-corrected chi connectivity index (χ3v) is 4.04. The fourth-order valence-electron chi connectivity index (χ4n) is 1.57. The number of hydrogen-bond acceptors (Lipinski definition) is 4. The molecule has 0 aliphatic heterocycles. The topological polar surface area (TPSA) is 44.8 Å². The number of hydrogen-bond donors (Lipinski definition) is 0. The van der Waals surface area contributed by atoms with Gasteiger partial charge in [0.1, 0.15) is 5.76 Å². The summed E-state index contributed by atoms with van der Waals surface area (Å²) < 4.78 is 28.5. The Bertz CT molecular complexity index is 432. The van der Waals surface area contributed by atoms with Crippen LogP contribution in [0.3, 0.4) is 0 Å². The highest BCUT2D eigenvalue weighted by atomic mass is 31.2. The van der Waals surface area contributed by atoms with Gasteiger partial charge in [-0.3, -0.25) is 4.57 Å². The van der Waals surface area contributed by atoms with Crippen molar-refractivity contribution < 1.29 is 18.3 Å². The minimum absolute atomic E-state index is 0.321. The Hall–Kier alpha value is -1.09. The molecule has 0 heterocycles. The van der Waals surface area contributed by atoms with Crippen LogP contribution in [0, 0.1) is 0 Å². The molecule has 4 nitrogen and oxygen atoms in total. The van der Waals surface area contributed by atoms with Crippen molar-refractivity contribution in [1.82, 2.24) is 0 Å². The molecule has 0 fully saturated rings. The molecular weight excluding hydrogens is 263 g/mol. The van der Waals surface area contributed by atoms with Crippen LogP contribution in [-0.4, -0.2) is 19.8 Å². The number of ether oxygens (including phenoxy) is 1. The molecule has 0 atom stereocenters. The molecule has 0 saturated heterocycles. The Kier molecular flexibility index (Phi) is 6.85. The van der Waals surface area contributed by atoms with Crippen molar-refractivity contribution in [2.24, 2.45) is 0 Å². The average molecular weight is 284 g/mol. The molecule has 1 aromatic carbocycles. The van der Waals surface area contributed by atoms with Gasteiger partial charge in [0, 0.05) is 5.56 Å². The zero-order chi connectivity index (χ0) is 14.1. The Morgan fingerprint density at radius 3 is 2.11 bits per heavy atom. The van der Waals surface area contributed by atoms with Gasteiger partial charge < -0.3 is 13.8 Å². The fourth-order valence-corrected chi connectivity index (χ4v) is 3.02. The molecule has 0 aromatic heterocycles. The summed E-state index contributed by atoms with van der Waals surface area (Å²) in [7, 11) is -3.26. The van der Waals surface area contributed by atoms with E-state index in [1.54, 1.807) is 13.8 Å². The Labute approximate surface area is 114 Å². The van der Waals surface area contributed by atoms with Crippen molar-refractivity contribution in [3.63, 3.8) is 0 Å². The summed E-state index contributed by atoms with van der Waals surface area (Å²) in [5.74, 6) is 1.98. The maximum Gasteiger partial charge on any atom is 0.357 e. The lowest BCUT2D eigenvalue weighted by atomic mass is 10.2.